The number of aromatic nitrogens is 3. The molecule has 10 nitrogen and oxygen atoms in total. The van der Waals surface area contributed by atoms with Gasteiger partial charge in [0.25, 0.3) is 0 Å². The molecule has 0 spiro atoms. The van der Waals surface area contributed by atoms with Gasteiger partial charge >= 0.3 is 10.1 Å². The lowest BCUT2D eigenvalue weighted by Crippen LogP contribution is -2.44. The molecule has 2 aromatic heterocycles. The maximum absolute atomic E-state index is 12.5. The summed E-state index contributed by atoms with van der Waals surface area (Å²) in [5, 5.41) is 1.05. The maximum atomic E-state index is 12.5. The van der Waals surface area contributed by atoms with Gasteiger partial charge in [-0.05, 0) is 55.3 Å². The number of hydrogen-bond acceptors (Lipinski definition) is 9. The van der Waals surface area contributed by atoms with Crippen molar-refractivity contribution in [2.24, 2.45) is 5.41 Å². The fourth-order valence-corrected chi connectivity index (χ4v) is 6.42. The lowest BCUT2D eigenvalue weighted by Gasteiger charge is -2.37. The zero-order valence-electron chi connectivity index (χ0n) is 23.8. The Morgan fingerprint density at radius 2 is 1.81 bits per heavy atom. The highest BCUT2D eigenvalue weighted by molar-refractivity contribution is 7.86. The Labute approximate surface area is 250 Å². The molecule has 2 fully saturated rings. The second-order valence-corrected chi connectivity index (χ2v) is 13.2. The van der Waals surface area contributed by atoms with Gasteiger partial charge in [-0.3, -0.25) is 4.57 Å². The Bertz CT molecular complexity index is 1870. The van der Waals surface area contributed by atoms with Crippen molar-refractivity contribution in [3.8, 4) is 11.6 Å². The van der Waals surface area contributed by atoms with Crippen LogP contribution < -0.4 is 15.1 Å². The Hall–Kier alpha value is -4.03. The smallest absolute Gasteiger partial charge is 0.312 e. The van der Waals surface area contributed by atoms with Crippen LogP contribution in [0.2, 0.25) is 0 Å². The summed E-state index contributed by atoms with van der Waals surface area (Å²) in [6, 6.07) is 24.3. The lowest BCUT2D eigenvalue weighted by molar-refractivity contribution is -0.120. The largest absolute Gasteiger partial charge is 0.493 e. The summed E-state index contributed by atoms with van der Waals surface area (Å²) >= 11 is 0. The molecular formula is C32H33N5O5S. The summed E-state index contributed by atoms with van der Waals surface area (Å²) in [6.45, 7) is 5.70. The van der Waals surface area contributed by atoms with Gasteiger partial charge < -0.3 is 14.4 Å². The van der Waals surface area contributed by atoms with Crippen molar-refractivity contribution in [3.05, 3.63) is 85.2 Å². The molecule has 7 rings (SSSR count). The highest BCUT2D eigenvalue weighted by Gasteiger charge is 2.34. The first-order valence-electron chi connectivity index (χ1n) is 14.4. The van der Waals surface area contributed by atoms with Crippen molar-refractivity contribution in [2.75, 3.05) is 37.8 Å². The van der Waals surface area contributed by atoms with Gasteiger partial charge in [-0.15, -0.1) is 0 Å². The molecule has 11 heteroatoms. The molecule has 4 heterocycles. The van der Waals surface area contributed by atoms with Crippen molar-refractivity contribution in [1.29, 1.82) is 0 Å². The molecule has 222 valence electrons. The predicted octanol–water partition coefficient (Wildman–Crippen LogP) is 4.87. The summed E-state index contributed by atoms with van der Waals surface area (Å²) in [7, 11) is -3.86. The van der Waals surface area contributed by atoms with E-state index in [2.05, 4.69) is 40.5 Å². The van der Waals surface area contributed by atoms with Crippen LogP contribution in [0, 0.1) is 5.41 Å². The first-order valence-corrected chi connectivity index (χ1v) is 15.8. The molecule has 0 unspecified atom stereocenters. The molecule has 0 saturated carbocycles. The third-order valence-corrected chi connectivity index (χ3v) is 9.30. The van der Waals surface area contributed by atoms with Crippen LogP contribution in [0.4, 0.5) is 5.69 Å². The molecule has 43 heavy (non-hydrogen) atoms. The third kappa shape index (κ3) is 5.68. The van der Waals surface area contributed by atoms with Crippen molar-refractivity contribution >= 4 is 37.7 Å². The Kier molecular flexibility index (Phi) is 7.26. The fraction of sp³-hybridized carbons (Fsp3) is 0.312. The number of ether oxygens (including phenoxy) is 2. The number of benzene rings is 3. The summed E-state index contributed by atoms with van der Waals surface area (Å²) < 4.78 is 43.5. The Balaban J connectivity index is 1.06. The zero-order valence-corrected chi connectivity index (χ0v) is 24.7. The van der Waals surface area contributed by atoms with Crippen LogP contribution in [0.3, 0.4) is 0 Å². The van der Waals surface area contributed by atoms with E-state index in [9.17, 15) is 8.42 Å². The standard InChI is InChI=1S/C32H33N5O5S/c1-32(19-40-20-32)21-41-25-11-12-28-27(18-25)33-22-37(28)30-13-10-23-6-5-9-29(31(23)34-30)36-16-14-24(15-17-36)35-42-43(38,39)26-7-3-2-4-8-26/h2-13,18,22,24,35H,14-17,19-21H2,1H3. The average Bonchev–Trinajstić information content (AvgIpc) is 3.45. The van der Waals surface area contributed by atoms with Gasteiger partial charge in [0.05, 0.1) is 47.0 Å². The number of anilines is 1. The van der Waals surface area contributed by atoms with Crippen LogP contribution in [0.1, 0.15) is 19.8 Å². The molecule has 0 bridgehead atoms. The number of hydroxylamine groups is 1. The first kappa shape index (κ1) is 27.8. The zero-order chi connectivity index (χ0) is 29.4. The Morgan fingerprint density at radius 3 is 2.58 bits per heavy atom. The minimum Gasteiger partial charge on any atom is -0.493 e. The molecule has 0 aliphatic carbocycles. The van der Waals surface area contributed by atoms with Crippen LogP contribution in [0.15, 0.2) is 90.1 Å². The minimum atomic E-state index is -3.86. The highest BCUT2D eigenvalue weighted by Crippen LogP contribution is 2.31. The van der Waals surface area contributed by atoms with Gasteiger partial charge in [0.15, 0.2) is 0 Å². The molecule has 5 aromatic rings. The molecule has 0 amide bonds. The molecule has 0 atom stereocenters. The van der Waals surface area contributed by atoms with Crippen LogP contribution in [-0.2, 0) is 19.1 Å². The van der Waals surface area contributed by atoms with Crippen LogP contribution in [0.5, 0.6) is 5.75 Å². The SMILES string of the molecule is CC1(COc2ccc3c(c2)ncn3-c2ccc3cccc(N4CCC(NOS(=O)(=O)c5ccccc5)CC4)c3n2)COC1. The van der Waals surface area contributed by atoms with Gasteiger partial charge in [-0.2, -0.15) is 18.2 Å². The van der Waals surface area contributed by atoms with Crippen molar-refractivity contribution in [2.45, 2.75) is 30.7 Å². The van der Waals surface area contributed by atoms with E-state index >= 15 is 0 Å². The topological polar surface area (TPSA) is 108 Å². The lowest BCUT2D eigenvalue weighted by atomic mass is 9.90. The van der Waals surface area contributed by atoms with Gasteiger partial charge in [0.1, 0.15) is 17.9 Å². The quantitative estimate of drug-likeness (QED) is 0.238. The summed E-state index contributed by atoms with van der Waals surface area (Å²) in [4.78, 5) is 12.2. The van der Waals surface area contributed by atoms with E-state index in [0.717, 1.165) is 78.3 Å². The predicted molar refractivity (Wildman–Crippen MR) is 164 cm³/mol. The van der Waals surface area contributed by atoms with Crippen molar-refractivity contribution < 1.29 is 22.2 Å². The summed E-state index contributed by atoms with van der Waals surface area (Å²) in [5.41, 5.74) is 6.60. The van der Waals surface area contributed by atoms with E-state index in [1.165, 1.54) is 12.1 Å². The van der Waals surface area contributed by atoms with Crippen molar-refractivity contribution in [3.63, 3.8) is 0 Å². The van der Waals surface area contributed by atoms with Gasteiger partial charge in [-0.1, -0.05) is 37.3 Å². The van der Waals surface area contributed by atoms with Gasteiger partial charge in [-0.25, -0.2) is 9.97 Å². The van der Waals surface area contributed by atoms with E-state index < -0.39 is 10.1 Å². The van der Waals surface area contributed by atoms with Crippen LogP contribution in [-0.4, -0.2) is 61.9 Å². The van der Waals surface area contributed by atoms with Crippen LogP contribution >= 0.6 is 0 Å². The molecule has 2 aliphatic rings. The van der Waals surface area contributed by atoms with E-state index in [-0.39, 0.29) is 16.4 Å². The van der Waals surface area contributed by atoms with Crippen LogP contribution in [0.25, 0.3) is 27.8 Å². The fourth-order valence-electron chi connectivity index (χ4n) is 5.57. The molecule has 1 N–H and O–H groups in total. The number of nitrogens with zero attached hydrogens (tertiary/aromatic N) is 4. The minimum absolute atomic E-state index is 0.0730. The van der Waals surface area contributed by atoms with Gasteiger partial charge in [0.2, 0.25) is 0 Å². The molecular weight excluding hydrogens is 566 g/mol. The monoisotopic (exact) mass is 599 g/mol. The number of imidazole rings is 1. The highest BCUT2D eigenvalue weighted by atomic mass is 32.2. The first-order chi connectivity index (χ1) is 20.9. The number of rotatable bonds is 9. The third-order valence-electron chi connectivity index (χ3n) is 8.13. The molecule has 3 aromatic carbocycles. The second kappa shape index (κ2) is 11.2. The molecule has 0 radical (unpaired) electrons. The number of hydrogen-bond donors (Lipinski definition) is 1. The number of nitrogens with one attached hydrogen (secondary N) is 1. The van der Waals surface area contributed by atoms with E-state index in [0.29, 0.717) is 6.61 Å². The number of para-hydroxylation sites is 1. The van der Waals surface area contributed by atoms with E-state index in [1.54, 1.807) is 24.5 Å². The Morgan fingerprint density at radius 1 is 1.00 bits per heavy atom. The molecule has 2 aliphatic heterocycles. The maximum Gasteiger partial charge on any atom is 0.312 e. The number of fused-ring (bicyclic) bond motifs is 2. The summed E-state index contributed by atoms with van der Waals surface area (Å²) in [5.74, 6) is 1.58. The number of pyridine rings is 1. The average molecular weight is 600 g/mol. The number of piperidine rings is 1. The van der Waals surface area contributed by atoms with E-state index in [1.807, 2.05) is 34.9 Å². The normalized spacial score (nSPS) is 17.3. The second-order valence-electron chi connectivity index (χ2n) is 11.6. The van der Waals surface area contributed by atoms with Crippen molar-refractivity contribution in [1.82, 2.24) is 20.0 Å². The molecule has 2 saturated heterocycles. The van der Waals surface area contributed by atoms with E-state index in [4.69, 9.17) is 18.7 Å². The van der Waals surface area contributed by atoms with Gasteiger partial charge in [0, 0.05) is 36.0 Å². The summed E-state index contributed by atoms with van der Waals surface area (Å²) in [6.07, 6.45) is 3.25.